The number of anilines is 1. The van der Waals surface area contributed by atoms with Crippen molar-refractivity contribution in [3.8, 4) is 0 Å². The van der Waals surface area contributed by atoms with Gasteiger partial charge in [-0.15, -0.1) is 0 Å². The molecule has 1 aromatic rings. The van der Waals surface area contributed by atoms with Crippen LogP contribution in [0.3, 0.4) is 0 Å². The summed E-state index contributed by atoms with van der Waals surface area (Å²) in [7, 11) is 0. The normalized spacial score (nSPS) is 19.9. The van der Waals surface area contributed by atoms with Gasteiger partial charge in [-0.05, 0) is 38.3 Å². The van der Waals surface area contributed by atoms with Crippen molar-refractivity contribution in [1.82, 2.24) is 0 Å². The molecule has 4 heteroatoms. The topological polar surface area (TPSA) is 32.7 Å². The Labute approximate surface area is 100.0 Å². The largest absolute Gasteiger partial charge is 0.366 e. The molecule has 1 atom stereocenters. The summed E-state index contributed by atoms with van der Waals surface area (Å²) in [6, 6.07) is 4.97. The molecule has 0 N–H and O–H groups in total. The van der Waals surface area contributed by atoms with Crippen LogP contribution in [-0.2, 0) is 4.79 Å². The van der Waals surface area contributed by atoms with Crippen molar-refractivity contribution in [1.29, 1.82) is 0 Å². The first-order valence-corrected chi connectivity index (χ1v) is 5.86. The molecule has 1 heterocycles. The van der Waals surface area contributed by atoms with E-state index in [0.29, 0.717) is 17.4 Å². The molecule has 1 aliphatic rings. The number of nitrogens with zero attached hydrogens (tertiary/aromatic N) is 2. The third-order valence-electron chi connectivity index (χ3n) is 3.22. The lowest BCUT2D eigenvalue weighted by Gasteiger charge is -2.35. The number of piperidine rings is 1. The molecule has 0 amide bonds. The summed E-state index contributed by atoms with van der Waals surface area (Å²) < 4.78 is 13.9. The molecule has 17 heavy (non-hydrogen) atoms. The Morgan fingerprint density at radius 2 is 2.29 bits per heavy atom. The monoisotopic (exact) mass is 234 g/mol. The zero-order valence-electron chi connectivity index (χ0n) is 9.82. The Balaban J connectivity index is 2.29. The van der Waals surface area contributed by atoms with Crippen LogP contribution in [0.4, 0.5) is 15.8 Å². The highest BCUT2D eigenvalue weighted by molar-refractivity contribution is 5.57. The molecule has 0 saturated carbocycles. The molecular weight excluding hydrogens is 219 g/mol. The van der Waals surface area contributed by atoms with E-state index in [-0.39, 0.29) is 5.82 Å². The Bertz CT molecular complexity index is 455. The van der Waals surface area contributed by atoms with Crippen LogP contribution in [0.1, 0.15) is 26.2 Å². The van der Waals surface area contributed by atoms with Crippen molar-refractivity contribution in [2.75, 3.05) is 11.4 Å². The number of rotatable bonds is 2. The number of halogens is 1. The van der Waals surface area contributed by atoms with Gasteiger partial charge in [0.05, 0.1) is 11.4 Å². The van der Waals surface area contributed by atoms with Crippen molar-refractivity contribution >= 4 is 17.5 Å². The predicted octanol–water partition coefficient (Wildman–Crippen LogP) is 3.17. The highest BCUT2D eigenvalue weighted by Crippen LogP contribution is 2.29. The number of aliphatic imine (C=N–C) groups is 1. The smallest absolute Gasteiger partial charge is 0.240 e. The molecule has 0 aromatic heterocycles. The maximum atomic E-state index is 13.9. The van der Waals surface area contributed by atoms with Crippen molar-refractivity contribution in [3.63, 3.8) is 0 Å². The quantitative estimate of drug-likeness (QED) is 0.581. The summed E-state index contributed by atoms with van der Waals surface area (Å²) in [5, 5.41) is 0. The second-order valence-electron chi connectivity index (χ2n) is 4.38. The van der Waals surface area contributed by atoms with Gasteiger partial charge in [0.1, 0.15) is 5.82 Å². The van der Waals surface area contributed by atoms with E-state index in [1.165, 1.54) is 18.6 Å². The first kappa shape index (κ1) is 11.8. The van der Waals surface area contributed by atoms with Crippen LogP contribution < -0.4 is 4.90 Å². The lowest BCUT2D eigenvalue weighted by molar-refractivity contribution is 0.476. The van der Waals surface area contributed by atoms with Crippen LogP contribution in [0.15, 0.2) is 23.2 Å². The number of hydrogen-bond donors (Lipinski definition) is 0. The summed E-state index contributed by atoms with van der Waals surface area (Å²) in [4.78, 5) is 15.6. The maximum Gasteiger partial charge on any atom is 0.240 e. The fourth-order valence-electron chi connectivity index (χ4n) is 2.31. The summed E-state index contributed by atoms with van der Waals surface area (Å²) in [5.74, 6) is -0.324. The second kappa shape index (κ2) is 5.11. The lowest BCUT2D eigenvalue weighted by atomic mass is 10.0. The van der Waals surface area contributed by atoms with Gasteiger partial charge in [-0.3, -0.25) is 0 Å². The summed E-state index contributed by atoms with van der Waals surface area (Å²) in [6.07, 6.45) is 4.80. The molecule has 1 unspecified atom stereocenters. The Kier molecular flexibility index (Phi) is 3.55. The van der Waals surface area contributed by atoms with Gasteiger partial charge in [-0.25, -0.2) is 9.18 Å². The van der Waals surface area contributed by atoms with E-state index in [4.69, 9.17) is 0 Å². The molecule has 1 saturated heterocycles. The van der Waals surface area contributed by atoms with Crippen LogP contribution in [0.2, 0.25) is 0 Å². The SMILES string of the molecule is CC1CCCCN1c1ccc(N=C=O)cc1F. The minimum absolute atomic E-state index is 0.311. The molecule has 0 bridgehead atoms. The third kappa shape index (κ3) is 2.53. The number of benzene rings is 1. The first-order valence-electron chi connectivity index (χ1n) is 5.86. The number of hydrogen-bond acceptors (Lipinski definition) is 3. The lowest BCUT2D eigenvalue weighted by Crippen LogP contribution is -2.37. The molecule has 2 rings (SSSR count). The van der Waals surface area contributed by atoms with Gasteiger partial charge in [0.25, 0.3) is 0 Å². The van der Waals surface area contributed by atoms with E-state index in [1.54, 1.807) is 12.1 Å². The Hall–Kier alpha value is -1.67. The van der Waals surface area contributed by atoms with Gasteiger partial charge in [0.15, 0.2) is 0 Å². The van der Waals surface area contributed by atoms with Crippen molar-refractivity contribution in [3.05, 3.63) is 24.0 Å². The zero-order chi connectivity index (χ0) is 12.3. The molecular formula is C13H15FN2O. The van der Waals surface area contributed by atoms with Gasteiger partial charge >= 0.3 is 0 Å². The van der Waals surface area contributed by atoms with Gasteiger partial charge in [-0.2, -0.15) is 4.99 Å². The molecule has 90 valence electrons. The van der Waals surface area contributed by atoms with Crippen LogP contribution in [0.25, 0.3) is 0 Å². The van der Waals surface area contributed by atoms with Gasteiger partial charge < -0.3 is 4.90 Å². The van der Waals surface area contributed by atoms with E-state index in [1.807, 2.05) is 0 Å². The van der Waals surface area contributed by atoms with Gasteiger partial charge in [0, 0.05) is 18.7 Å². The Morgan fingerprint density at radius 3 is 2.94 bits per heavy atom. The number of isocyanates is 1. The minimum Gasteiger partial charge on any atom is -0.366 e. The highest BCUT2D eigenvalue weighted by atomic mass is 19.1. The molecule has 1 aliphatic heterocycles. The van der Waals surface area contributed by atoms with E-state index in [0.717, 1.165) is 19.4 Å². The van der Waals surface area contributed by atoms with Crippen molar-refractivity contribution < 1.29 is 9.18 Å². The van der Waals surface area contributed by atoms with Crippen LogP contribution >= 0.6 is 0 Å². The summed E-state index contributed by atoms with van der Waals surface area (Å²) >= 11 is 0. The Morgan fingerprint density at radius 1 is 1.47 bits per heavy atom. The fraction of sp³-hybridized carbons (Fsp3) is 0.462. The van der Waals surface area contributed by atoms with Crippen LogP contribution in [-0.4, -0.2) is 18.7 Å². The molecule has 1 fully saturated rings. The van der Waals surface area contributed by atoms with E-state index in [9.17, 15) is 9.18 Å². The van der Waals surface area contributed by atoms with Gasteiger partial charge in [0.2, 0.25) is 6.08 Å². The van der Waals surface area contributed by atoms with E-state index >= 15 is 0 Å². The van der Waals surface area contributed by atoms with E-state index < -0.39 is 0 Å². The number of carbonyl (C=O) groups excluding carboxylic acids is 1. The zero-order valence-corrected chi connectivity index (χ0v) is 9.82. The minimum atomic E-state index is -0.324. The third-order valence-corrected chi connectivity index (χ3v) is 3.22. The van der Waals surface area contributed by atoms with Crippen LogP contribution in [0.5, 0.6) is 0 Å². The highest BCUT2D eigenvalue weighted by Gasteiger charge is 2.21. The van der Waals surface area contributed by atoms with E-state index in [2.05, 4.69) is 16.8 Å². The second-order valence-corrected chi connectivity index (χ2v) is 4.38. The molecule has 1 aromatic carbocycles. The average Bonchev–Trinajstić information content (AvgIpc) is 2.31. The maximum absolute atomic E-state index is 13.9. The average molecular weight is 234 g/mol. The molecule has 3 nitrogen and oxygen atoms in total. The molecule has 0 aliphatic carbocycles. The first-order chi connectivity index (χ1) is 8.22. The fourth-order valence-corrected chi connectivity index (χ4v) is 2.31. The predicted molar refractivity (Wildman–Crippen MR) is 64.8 cm³/mol. The van der Waals surface area contributed by atoms with Crippen LogP contribution in [0, 0.1) is 5.82 Å². The summed E-state index contributed by atoms with van der Waals surface area (Å²) in [5.41, 5.74) is 0.910. The van der Waals surface area contributed by atoms with Crippen molar-refractivity contribution in [2.24, 2.45) is 4.99 Å². The van der Waals surface area contributed by atoms with Crippen molar-refractivity contribution in [2.45, 2.75) is 32.2 Å². The standard InChI is InChI=1S/C13H15FN2O/c1-10-4-2-3-7-16(10)13-6-5-11(15-9-17)8-12(13)14/h5-6,8,10H,2-4,7H2,1H3. The summed E-state index contributed by atoms with van der Waals surface area (Å²) in [6.45, 7) is 2.99. The molecule has 0 spiro atoms. The molecule has 0 radical (unpaired) electrons. The van der Waals surface area contributed by atoms with Gasteiger partial charge in [-0.1, -0.05) is 0 Å².